The number of piperidine rings is 1. The lowest BCUT2D eigenvalue weighted by Crippen LogP contribution is -2.30. The summed E-state index contributed by atoms with van der Waals surface area (Å²) < 4.78 is 11.4. The summed E-state index contributed by atoms with van der Waals surface area (Å²) in [6.45, 7) is 7.97. The van der Waals surface area contributed by atoms with E-state index in [0.717, 1.165) is 59.9 Å². The van der Waals surface area contributed by atoms with Gasteiger partial charge in [0.15, 0.2) is 0 Å². The van der Waals surface area contributed by atoms with Crippen LogP contribution in [0.15, 0.2) is 52.7 Å². The Hall–Kier alpha value is -3.08. The normalized spacial score (nSPS) is 14.2. The molecular weight excluding hydrogens is 350 g/mol. The zero-order valence-corrected chi connectivity index (χ0v) is 16.6. The van der Waals surface area contributed by atoms with Gasteiger partial charge in [0, 0.05) is 30.9 Å². The predicted octanol–water partition coefficient (Wildman–Crippen LogP) is 5.47. The molecule has 5 heteroatoms. The Labute approximate surface area is 165 Å². The van der Waals surface area contributed by atoms with Gasteiger partial charge in [0.2, 0.25) is 11.8 Å². The van der Waals surface area contributed by atoms with Crippen LogP contribution in [0.4, 0.5) is 5.88 Å². The molecular formula is C23H25N3O2. The molecule has 0 spiro atoms. The minimum atomic E-state index is 0.612. The van der Waals surface area contributed by atoms with Crippen molar-refractivity contribution in [3.05, 3.63) is 70.6 Å². The van der Waals surface area contributed by atoms with E-state index in [0.29, 0.717) is 5.88 Å². The van der Waals surface area contributed by atoms with Gasteiger partial charge in [-0.15, -0.1) is 0 Å². The fraction of sp³-hybridized carbons (Fsp3) is 0.304. The lowest BCUT2D eigenvalue weighted by atomic mass is 10.0. The first kappa shape index (κ1) is 18.3. The summed E-state index contributed by atoms with van der Waals surface area (Å²) in [5.74, 6) is 2.33. The van der Waals surface area contributed by atoms with E-state index in [2.05, 4.69) is 40.2 Å². The van der Waals surface area contributed by atoms with E-state index in [1.807, 2.05) is 44.3 Å². The molecule has 0 unspecified atom stereocenters. The Kier molecular flexibility index (Phi) is 5.15. The first-order chi connectivity index (χ1) is 13.6. The third-order valence-corrected chi connectivity index (χ3v) is 5.16. The Morgan fingerprint density at radius 2 is 1.89 bits per heavy atom. The second kappa shape index (κ2) is 7.89. The molecule has 0 atom stereocenters. The molecule has 0 aliphatic carbocycles. The maximum absolute atomic E-state index is 5.89. The van der Waals surface area contributed by atoms with E-state index < -0.39 is 0 Å². The van der Waals surface area contributed by atoms with Crippen molar-refractivity contribution in [1.82, 2.24) is 10.1 Å². The third kappa shape index (κ3) is 4.09. The maximum atomic E-state index is 5.89. The molecule has 4 rings (SSSR count). The number of hydrogen-bond acceptors (Lipinski definition) is 5. The van der Waals surface area contributed by atoms with Crippen molar-refractivity contribution in [1.29, 1.82) is 0 Å². The van der Waals surface area contributed by atoms with Gasteiger partial charge in [-0.25, -0.2) is 4.98 Å². The number of aromatic nitrogens is 2. The number of anilines is 1. The van der Waals surface area contributed by atoms with E-state index in [9.17, 15) is 0 Å². The van der Waals surface area contributed by atoms with Gasteiger partial charge in [0.05, 0.1) is 5.69 Å². The molecule has 2 aromatic heterocycles. The molecule has 0 bridgehead atoms. The molecule has 28 heavy (non-hydrogen) atoms. The first-order valence-corrected chi connectivity index (χ1v) is 9.66. The zero-order chi connectivity index (χ0) is 19.5. The van der Waals surface area contributed by atoms with E-state index in [1.54, 1.807) is 0 Å². The van der Waals surface area contributed by atoms with Gasteiger partial charge in [-0.1, -0.05) is 35.0 Å². The average Bonchev–Trinajstić information content (AvgIpc) is 3.03. The quantitative estimate of drug-likeness (QED) is 0.605. The van der Waals surface area contributed by atoms with Crippen LogP contribution in [0, 0.1) is 20.8 Å². The number of aryl methyl sites for hydroxylation is 2. The SMILES string of the molecule is Cc1ccc(Oc2cccc(C=C3CCN(c4onc(C)c4C)CC3)c2)nc1. The van der Waals surface area contributed by atoms with Crippen LogP contribution in [0.1, 0.15) is 35.2 Å². The topological polar surface area (TPSA) is 51.4 Å². The van der Waals surface area contributed by atoms with Crippen molar-refractivity contribution in [3.8, 4) is 11.6 Å². The second-order valence-electron chi connectivity index (χ2n) is 7.34. The summed E-state index contributed by atoms with van der Waals surface area (Å²) in [5, 5.41) is 4.08. The minimum Gasteiger partial charge on any atom is -0.439 e. The number of pyridine rings is 1. The maximum Gasteiger partial charge on any atom is 0.230 e. The standard InChI is InChI=1S/C23H25N3O2/c1-16-7-8-22(24-15-16)27-21-6-4-5-20(14-21)13-19-9-11-26(12-10-19)23-17(2)18(3)25-28-23/h4-8,13-15H,9-12H2,1-3H3. The Morgan fingerprint density at radius 3 is 2.57 bits per heavy atom. The lowest BCUT2D eigenvalue weighted by molar-refractivity contribution is 0.407. The molecule has 3 aromatic rings. The predicted molar refractivity (Wildman–Crippen MR) is 111 cm³/mol. The summed E-state index contributed by atoms with van der Waals surface area (Å²) in [4.78, 5) is 6.59. The molecule has 1 aliphatic rings. The van der Waals surface area contributed by atoms with Crippen molar-refractivity contribution in [2.45, 2.75) is 33.6 Å². The molecule has 5 nitrogen and oxygen atoms in total. The average molecular weight is 375 g/mol. The highest BCUT2D eigenvalue weighted by Crippen LogP contribution is 2.29. The van der Waals surface area contributed by atoms with Crippen LogP contribution in [0.5, 0.6) is 11.6 Å². The smallest absolute Gasteiger partial charge is 0.230 e. The largest absolute Gasteiger partial charge is 0.439 e. The zero-order valence-electron chi connectivity index (χ0n) is 16.6. The first-order valence-electron chi connectivity index (χ1n) is 9.66. The van der Waals surface area contributed by atoms with Crippen molar-refractivity contribution in [2.75, 3.05) is 18.0 Å². The number of benzene rings is 1. The van der Waals surface area contributed by atoms with Crippen LogP contribution >= 0.6 is 0 Å². The highest BCUT2D eigenvalue weighted by molar-refractivity contribution is 5.56. The van der Waals surface area contributed by atoms with Gasteiger partial charge >= 0.3 is 0 Å². The van der Waals surface area contributed by atoms with E-state index in [4.69, 9.17) is 9.26 Å². The van der Waals surface area contributed by atoms with Gasteiger partial charge < -0.3 is 14.2 Å². The highest BCUT2D eigenvalue weighted by Gasteiger charge is 2.20. The van der Waals surface area contributed by atoms with Crippen LogP contribution in [0.2, 0.25) is 0 Å². The summed E-state index contributed by atoms with van der Waals surface area (Å²) in [7, 11) is 0. The monoisotopic (exact) mass is 375 g/mol. The van der Waals surface area contributed by atoms with Crippen LogP contribution in [-0.4, -0.2) is 23.2 Å². The third-order valence-electron chi connectivity index (χ3n) is 5.16. The molecule has 1 aliphatic heterocycles. The molecule has 1 saturated heterocycles. The molecule has 0 N–H and O–H groups in total. The lowest BCUT2D eigenvalue weighted by Gasteiger charge is -2.28. The summed E-state index contributed by atoms with van der Waals surface area (Å²) in [6.07, 6.45) is 6.12. The van der Waals surface area contributed by atoms with E-state index in [1.165, 1.54) is 5.57 Å². The number of rotatable bonds is 4. The van der Waals surface area contributed by atoms with Gasteiger partial charge in [0.25, 0.3) is 0 Å². The van der Waals surface area contributed by atoms with Crippen LogP contribution < -0.4 is 9.64 Å². The van der Waals surface area contributed by atoms with E-state index >= 15 is 0 Å². The van der Waals surface area contributed by atoms with Gasteiger partial charge in [-0.2, -0.15) is 0 Å². The number of nitrogens with zero attached hydrogens (tertiary/aromatic N) is 3. The second-order valence-corrected chi connectivity index (χ2v) is 7.34. The Morgan fingerprint density at radius 1 is 1.07 bits per heavy atom. The van der Waals surface area contributed by atoms with Gasteiger partial charge in [0.1, 0.15) is 5.75 Å². The number of ether oxygens (including phenoxy) is 1. The van der Waals surface area contributed by atoms with Gasteiger partial charge in [-0.05, 0) is 56.9 Å². The minimum absolute atomic E-state index is 0.612. The molecule has 3 heterocycles. The van der Waals surface area contributed by atoms with Crippen LogP contribution in [0.3, 0.4) is 0 Å². The van der Waals surface area contributed by atoms with E-state index in [-0.39, 0.29) is 0 Å². The van der Waals surface area contributed by atoms with Crippen LogP contribution in [0.25, 0.3) is 6.08 Å². The summed E-state index contributed by atoms with van der Waals surface area (Å²) >= 11 is 0. The molecule has 1 fully saturated rings. The molecule has 0 saturated carbocycles. The fourth-order valence-electron chi connectivity index (χ4n) is 3.38. The molecule has 144 valence electrons. The molecule has 0 radical (unpaired) electrons. The Balaban J connectivity index is 1.42. The Bertz CT molecular complexity index is 979. The molecule has 1 aromatic carbocycles. The van der Waals surface area contributed by atoms with Crippen molar-refractivity contribution < 1.29 is 9.26 Å². The van der Waals surface area contributed by atoms with Crippen molar-refractivity contribution in [2.24, 2.45) is 0 Å². The van der Waals surface area contributed by atoms with Crippen molar-refractivity contribution >= 4 is 12.0 Å². The molecule has 0 amide bonds. The summed E-state index contributed by atoms with van der Waals surface area (Å²) in [6, 6.07) is 12.0. The summed E-state index contributed by atoms with van der Waals surface area (Å²) in [5.41, 5.74) is 5.82. The fourth-order valence-corrected chi connectivity index (χ4v) is 3.38. The van der Waals surface area contributed by atoms with Crippen molar-refractivity contribution in [3.63, 3.8) is 0 Å². The number of hydrogen-bond donors (Lipinski definition) is 0. The van der Waals surface area contributed by atoms with Crippen LogP contribution in [-0.2, 0) is 0 Å². The van der Waals surface area contributed by atoms with Gasteiger partial charge in [-0.3, -0.25) is 0 Å². The highest BCUT2D eigenvalue weighted by atomic mass is 16.5.